The molecule has 1 aliphatic rings. The summed E-state index contributed by atoms with van der Waals surface area (Å²) in [6, 6.07) is 3.98. The molecule has 0 radical (unpaired) electrons. The molecule has 0 aliphatic carbocycles. The van der Waals surface area contributed by atoms with E-state index in [4.69, 9.17) is 11.6 Å². The number of hydrogen-bond acceptors (Lipinski definition) is 4. The van der Waals surface area contributed by atoms with Crippen molar-refractivity contribution in [3.8, 4) is 0 Å². The Morgan fingerprint density at radius 3 is 3.00 bits per heavy atom. The smallest absolute Gasteiger partial charge is 0.126 e. The molecule has 1 fully saturated rings. The summed E-state index contributed by atoms with van der Waals surface area (Å²) in [5.41, 5.74) is 0.883. The van der Waals surface area contributed by atoms with Crippen LogP contribution in [0.25, 0.3) is 0 Å². The Morgan fingerprint density at radius 1 is 1.42 bits per heavy atom. The van der Waals surface area contributed by atoms with Gasteiger partial charge in [-0.2, -0.15) is 0 Å². The van der Waals surface area contributed by atoms with Gasteiger partial charge in [0.1, 0.15) is 5.82 Å². The number of nitrogens with one attached hydrogen (secondary N) is 1. The zero-order chi connectivity index (χ0) is 13.7. The standard InChI is InChI=1S/C14H22ClN3O/c1-16-14-7-6-12(15)13(17-14)9-18-8-4-2-3-5-11(18)10-19/h6-7,11,19H,2-5,8-10H2,1H3,(H,16,17). The van der Waals surface area contributed by atoms with Crippen molar-refractivity contribution in [1.29, 1.82) is 0 Å². The number of likely N-dealkylation sites (tertiary alicyclic amines) is 1. The van der Waals surface area contributed by atoms with Crippen LogP contribution in [0.3, 0.4) is 0 Å². The van der Waals surface area contributed by atoms with Gasteiger partial charge in [0.2, 0.25) is 0 Å². The van der Waals surface area contributed by atoms with E-state index in [1.807, 2.05) is 19.2 Å². The summed E-state index contributed by atoms with van der Waals surface area (Å²) < 4.78 is 0. The molecular weight excluding hydrogens is 262 g/mol. The summed E-state index contributed by atoms with van der Waals surface area (Å²) in [5, 5.41) is 13.3. The van der Waals surface area contributed by atoms with Crippen LogP contribution >= 0.6 is 11.6 Å². The minimum Gasteiger partial charge on any atom is -0.395 e. The average molecular weight is 284 g/mol. The lowest BCUT2D eigenvalue weighted by atomic mass is 10.1. The van der Waals surface area contributed by atoms with Crippen LogP contribution in [0.5, 0.6) is 0 Å². The number of halogens is 1. The zero-order valence-electron chi connectivity index (χ0n) is 11.4. The first-order valence-electron chi connectivity index (χ1n) is 6.92. The molecule has 19 heavy (non-hydrogen) atoms. The van der Waals surface area contributed by atoms with Crippen molar-refractivity contribution in [1.82, 2.24) is 9.88 Å². The second-order valence-electron chi connectivity index (χ2n) is 5.03. The van der Waals surface area contributed by atoms with Gasteiger partial charge in [0.05, 0.1) is 17.3 Å². The monoisotopic (exact) mass is 283 g/mol. The highest BCUT2D eigenvalue weighted by Gasteiger charge is 2.21. The third-order valence-electron chi connectivity index (χ3n) is 3.74. The van der Waals surface area contributed by atoms with Gasteiger partial charge in [-0.05, 0) is 31.5 Å². The molecular formula is C14H22ClN3O. The van der Waals surface area contributed by atoms with Crippen molar-refractivity contribution in [2.75, 3.05) is 25.5 Å². The fraction of sp³-hybridized carbons (Fsp3) is 0.643. The molecule has 2 N–H and O–H groups in total. The normalized spacial score (nSPS) is 21.1. The first kappa shape index (κ1) is 14.6. The molecule has 1 aromatic rings. The highest BCUT2D eigenvalue weighted by Crippen LogP contribution is 2.22. The van der Waals surface area contributed by atoms with Crippen LogP contribution in [0.1, 0.15) is 31.4 Å². The Morgan fingerprint density at radius 2 is 2.26 bits per heavy atom. The van der Waals surface area contributed by atoms with Crippen LogP contribution in [0.15, 0.2) is 12.1 Å². The number of anilines is 1. The maximum Gasteiger partial charge on any atom is 0.126 e. The van der Waals surface area contributed by atoms with Crippen LogP contribution in [-0.4, -0.2) is 41.2 Å². The van der Waals surface area contributed by atoms with Crippen molar-refractivity contribution >= 4 is 17.4 Å². The van der Waals surface area contributed by atoms with Crippen molar-refractivity contribution < 1.29 is 5.11 Å². The van der Waals surface area contributed by atoms with Crippen LogP contribution in [0.2, 0.25) is 5.02 Å². The molecule has 1 unspecified atom stereocenters. The number of aliphatic hydroxyl groups is 1. The maximum absolute atomic E-state index is 9.53. The van der Waals surface area contributed by atoms with E-state index in [2.05, 4.69) is 15.2 Å². The Kier molecular flexibility index (Phi) is 5.43. The second kappa shape index (κ2) is 7.08. The van der Waals surface area contributed by atoms with Crippen LogP contribution in [-0.2, 0) is 6.54 Å². The van der Waals surface area contributed by atoms with Gasteiger partial charge in [0.25, 0.3) is 0 Å². The molecule has 0 bridgehead atoms. The molecule has 1 atom stereocenters. The minimum atomic E-state index is 0.212. The van der Waals surface area contributed by atoms with Crippen molar-refractivity contribution in [2.45, 2.75) is 38.3 Å². The number of aromatic nitrogens is 1. The van der Waals surface area contributed by atoms with Crippen LogP contribution < -0.4 is 5.32 Å². The molecule has 2 heterocycles. The third-order valence-corrected chi connectivity index (χ3v) is 4.08. The molecule has 0 spiro atoms. The molecule has 2 rings (SSSR count). The summed E-state index contributed by atoms with van der Waals surface area (Å²) in [5.74, 6) is 0.828. The van der Waals surface area contributed by atoms with E-state index in [0.717, 1.165) is 24.5 Å². The van der Waals surface area contributed by atoms with Gasteiger partial charge in [0.15, 0.2) is 0 Å². The molecule has 1 aliphatic heterocycles. The van der Waals surface area contributed by atoms with Gasteiger partial charge in [0, 0.05) is 19.6 Å². The topological polar surface area (TPSA) is 48.4 Å². The number of nitrogens with zero attached hydrogens (tertiary/aromatic N) is 2. The number of pyridine rings is 1. The highest BCUT2D eigenvalue weighted by molar-refractivity contribution is 6.31. The molecule has 1 saturated heterocycles. The SMILES string of the molecule is CNc1ccc(Cl)c(CN2CCCCCC2CO)n1. The van der Waals surface area contributed by atoms with E-state index in [0.29, 0.717) is 11.6 Å². The lowest BCUT2D eigenvalue weighted by Crippen LogP contribution is -2.37. The van der Waals surface area contributed by atoms with Crippen molar-refractivity contribution in [2.24, 2.45) is 0 Å². The van der Waals surface area contributed by atoms with E-state index in [-0.39, 0.29) is 12.6 Å². The molecule has 0 aromatic carbocycles. The predicted molar refractivity (Wildman–Crippen MR) is 78.5 cm³/mol. The van der Waals surface area contributed by atoms with E-state index in [1.165, 1.54) is 19.3 Å². The fourth-order valence-electron chi connectivity index (χ4n) is 2.58. The van der Waals surface area contributed by atoms with Gasteiger partial charge in [-0.3, -0.25) is 4.90 Å². The Balaban J connectivity index is 2.13. The third kappa shape index (κ3) is 3.81. The quantitative estimate of drug-likeness (QED) is 0.891. The van der Waals surface area contributed by atoms with Crippen molar-refractivity contribution in [3.63, 3.8) is 0 Å². The predicted octanol–water partition coefficient (Wildman–Crippen LogP) is 2.51. The van der Waals surface area contributed by atoms with Gasteiger partial charge in [-0.15, -0.1) is 0 Å². The Bertz CT molecular complexity index is 414. The average Bonchev–Trinajstić information content (AvgIpc) is 2.66. The summed E-state index contributed by atoms with van der Waals surface area (Å²) in [6.07, 6.45) is 4.67. The molecule has 1 aromatic heterocycles. The van der Waals surface area contributed by atoms with E-state index in [1.54, 1.807) is 0 Å². The lowest BCUT2D eigenvalue weighted by molar-refractivity contribution is 0.117. The Hall–Kier alpha value is -0.840. The maximum atomic E-state index is 9.53. The molecule has 4 nitrogen and oxygen atoms in total. The number of hydrogen-bond donors (Lipinski definition) is 2. The zero-order valence-corrected chi connectivity index (χ0v) is 12.2. The molecule has 106 valence electrons. The largest absolute Gasteiger partial charge is 0.395 e. The van der Waals surface area contributed by atoms with Crippen LogP contribution in [0, 0.1) is 0 Å². The summed E-state index contributed by atoms with van der Waals surface area (Å²) in [7, 11) is 1.85. The second-order valence-corrected chi connectivity index (χ2v) is 5.44. The molecule has 0 amide bonds. The van der Waals surface area contributed by atoms with E-state index >= 15 is 0 Å². The van der Waals surface area contributed by atoms with E-state index in [9.17, 15) is 5.11 Å². The lowest BCUT2D eigenvalue weighted by Gasteiger charge is -2.28. The van der Waals surface area contributed by atoms with Gasteiger partial charge in [-0.25, -0.2) is 4.98 Å². The highest BCUT2D eigenvalue weighted by atomic mass is 35.5. The molecule has 0 saturated carbocycles. The van der Waals surface area contributed by atoms with Gasteiger partial charge in [-0.1, -0.05) is 24.4 Å². The summed E-state index contributed by atoms with van der Waals surface area (Å²) in [4.78, 5) is 6.82. The summed E-state index contributed by atoms with van der Waals surface area (Å²) >= 11 is 6.22. The number of rotatable bonds is 4. The summed E-state index contributed by atoms with van der Waals surface area (Å²) in [6.45, 7) is 1.93. The van der Waals surface area contributed by atoms with Crippen LogP contribution in [0.4, 0.5) is 5.82 Å². The first-order chi connectivity index (χ1) is 9.24. The van der Waals surface area contributed by atoms with Crippen molar-refractivity contribution in [3.05, 3.63) is 22.8 Å². The number of aliphatic hydroxyl groups excluding tert-OH is 1. The Labute approximate surface area is 119 Å². The molecule has 5 heteroatoms. The minimum absolute atomic E-state index is 0.212. The van der Waals surface area contributed by atoms with Gasteiger partial charge < -0.3 is 10.4 Å². The fourth-order valence-corrected chi connectivity index (χ4v) is 2.74. The first-order valence-corrected chi connectivity index (χ1v) is 7.30. The van der Waals surface area contributed by atoms with E-state index < -0.39 is 0 Å². The van der Waals surface area contributed by atoms with Gasteiger partial charge >= 0.3 is 0 Å².